The van der Waals surface area contributed by atoms with Crippen LogP contribution in [0.3, 0.4) is 0 Å². The van der Waals surface area contributed by atoms with Crippen LogP contribution in [0, 0.1) is 0 Å². The lowest BCUT2D eigenvalue weighted by atomic mass is 9.79. The molecule has 0 saturated heterocycles. The minimum Gasteiger partial charge on any atom is -0.454 e. The van der Waals surface area contributed by atoms with Crippen LogP contribution in [0.15, 0.2) is 0 Å². The fraction of sp³-hybridized carbons (Fsp3) is 0.917. The summed E-state index contributed by atoms with van der Waals surface area (Å²) in [4.78, 5) is 0. The van der Waals surface area contributed by atoms with Crippen molar-refractivity contribution < 1.29 is 4.68 Å². The van der Waals surface area contributed by atoms with Crippen LogP contribution in [0.4, 0.5) is 0 Å². The summed E-state index contributed by atoms with van der Waals surface area (Å²) in [6, 6.07) is 0. The van der Waals surface area contributed by atoms with Crippen molar-refractivity contribution >= 4 is 5.71 Å². The van der Waals surface area contributed by atoms with Gasteiger partial charge in [0.2, 0.25) is 0 Å². The van der Waals surface area contributed by atoms with Crippen LogP contribution in [0.2, 0.25) is 0 Å². The zero-order valence-electron chi connectivity index (χ0n) is 10.6. The van der Waals surface area contributed by atoms with E-state index in [0.29, 0.717) is 0 Å². The quantitative estimate of drug-likeness (QED) is 0.714. The van der Waals surface area contributed by atoms with Crippen molar-refractivity contribution in [2.45, 2.75) is 70.9 Å². The highest BCUT2D eigenvalue weighted by Gasteiger charge is 2.45. The minimum absolute atomic E-state index is 0.0103. The van der Waals surface area contributed by atoms with Crippen molar-refractivity contribution in [1.82, 2.24) is 0 Å². The van der Waals surface area contributed by atoms with Gasteiger partial charge < -0.3 is 11.6 Å². The summed E-state index contributed by atoms with van der Waals surface area (Å²) in [6.07, 6.45) is 5.05. The lowest BCUT2D eigenvalue weighted by Gasteiger charge is -2.35. The Labute approximate surface area is 93.5 Å². The Kier molecular flexibility index (Phi) is 3.44. The van der Waals surface area contributed by atoms with Crippen LogP contribution in [-0.4, -0.2) is 21.5 Å². The topological polar surface area (TPSA) is 52.8 Å². The Morgan fingerprint density at radius 3 is 2.47 bits per heavy atom. The Morgan fingerprint density at radius 2 is 2.13 bits per heavy atom. The molecule has 2 unspecified atom stereocenters. The van der Waals surface area contributed by atoms with Gasteiger partial charge >= 0.3 is 0 Å². The van der Waals surface area contributed by atoms with Crippen molar-refractivity contribution in [1.29, 1.82) is 0 Å². The number of hydrogen-bond acceptors (Lipinski definition) is 1. The molecule has 0 bridgehead atoms. The maximum atomic E-state index is 8.14. The standard InChI is InChI=1S/C12H25N3/c1-5-11(4,13)9-12(6-2)8-7-10(3)15(12)14/h14H,5-9,13H2,1-4H3. The molecule has 0 aromatic carbocycles. The molecule has 3 N–H and O–H groups in total. The van der Waals surface area contributed by atoms with E-state index in [9.17, 15) is 0 Å². The number of nitrogens with two attached hydrogens (primary N) is 1. The van der Waals surface area contributed by atoms with Gasteiger partial charge in [-0.2, -0.15) is 0 Å². The Morgan fingerprint density at radius 1 is 1.53 bits per heavy atom. The van der Waals surface area contributed by atoms with E-state index in [4.69, 9.17) is 11.6 Å². The van der Waals surface area contributed by atoms with Gasteiger partial charge in [-0.1, -0.05) is 13.8 Å². The molecule has 1 rings (SSSR count). The van der Waals surface area contributed by atoms with Crippen LogP contribution in [0.5, 0.6) is 0 Å². The fourth-order valence-electron chi connectivity index (χ4n) is 2.55. The largest absolute Gasteiger partial charge is 0.454 e. The molecule has 0 radical (unpaired) electrons. The molecule has 15 heavy (non-hydrogen) atoms. The van der Waals surface area contributed by atoms with E-state index in [1.54, 1.807) is 4.68 Å². The third kappa shape index (κ3) is 2.33. The van der Waals surface area contributed by atoms with E-state index in [-0.39, 0.29) is 11.1 Å². The summed E-state index contributed by atoms with van der Waals surface area (Å²) < 4.78 is 1.73. The zero-order valence-corrected chi connectivity index (χ0v) is 10.6. The second-order valence-electron chi connectivity index (χ2n) is 5.33. The van der Waals surface area contributed by atoms with Gasteiger partial charge in [-0.3, -0.25) is 4.68 Å². The summed E-state index contributed by atoms with van der Waals surface area (Å²) >= 11 is 0. The second-order valence-corrected chi connectivity index (χ2v) is 5.33. The smallest absolute Gasteiger partial charge is 0.158 e. The SMILES string of the molecule is CCC(C)(N)CC1(CC)CCC(C)=[N+]1[NH-]. The molecule has 88 valence electrons. The molecular formula is C12H25N3. The van der Waals surface area contributed by atoms with Crippen LogP contribution in [0.1, 0.15) is 59.8 Å². The van der Waals surface area contributed by atoms with Crippen LogP contribution in [-0.2, 0) is 0 Å². The molecule has 0 aromatic heterocycles. The molecule has 0 aliphatic carbocycles. The van der Waals surface area contributed by atoms with Gasteiger partial charge in [0.1, 0.15) is 5.71 Å². The normalized spacial score (nSPS) is 30.7. The average molecular weight is 211 g/mol. The van der Waals surface area contributed by atoms with Gasteiger partial charge in [0.05, 0.1) is 0 Å². The second kappa shape index (κ2) is 4.12. The summed E-state index contributed by atoms with van der Waals surface area (Å²) in [6.45, 7) is 8.46. The van der Waals surface area contributed by atoms with Gasteiger partial charge in [0.25, 0.3) is 0 Å². The van der Waals surface area contributed by atoms with Crippen LogP contribution in [0.25, 0.3) is 5.84 Å². The summed E-state index contributed by atoms with van der Waals surface area (Å²) in [5.41, 5.74) is 7.28. The first-order valence-corrected chi connectivity index (χ1v) is 6.00. The van der Waals surface area contributed by atoms with Crippen molar-refractivity contribution in [3.8, 4) is 0 Å². The van der Waals surface area contributed by atoms with E-state index >= 15 is 0 Å². The minimum atomic E-state index is -0.139. The zero-order chi connectivity index (χ0) is 11.7. The Balaban J connectivity index is 2.89. The highest BCUT2D eigenvalue weighted by Crippen LogP contribution is 2.36. The van der Waals surface area contributed by atoms with Gasteiger partial charge in [0, 0.05) is 38.1 Å². The molecule has 2 atom stereocenters. The monoisotopic (exact) mass is 211 g/mol. The van der Waals surface area contributed by atoms with Crippen molar-refractivity contribution in [2.75, 3.05) is 0 Å². The number of nitrogens with one attached hydrogen (secondary N) is 1. The van der Waals surface area contributed by atoms with Crippen LogP contribution < -0.4 is 5.73 Å². The van der Waals surface area contributed by atoms with E-state index < -0.39 is 0 Å². The molecule has 0 fully saturated rings. The molecule has 0 saturated carbocycles. The molecule has 0 spiro atoms. The summed E-state index contributed by atoms with van der Waals surface area (Å²) in [5, 5.41) is 0. The third-order valence-electron chi connectivity index (χ3n) is 4.01. The molecule has 0 aromatic rings. The number of rotatable bonds is 4. The fourth-order valence-corrected chi connectivity index (χ4v) is 2.55. The molecule has 1 heterocycles. The first-order valence-electron chi connectivity index (χ1n) is 6.00. The maximum Gasteiger partial charge on any atom is 0.158 e. The first-order chi connectivity index (χ1) is 6.87. The van der Waals surface area contributed by atoms with E-state index in [0.717, 1.165) is 32.1 Å². The summed E-state index contributed by atoms with van der Waals surface area (Å²) in [5.74, 6) is 8.14. The first kappa shape index (κ1) is 12.5. The van der Waals surface area contributed by atoms with Crippen molar-refractivity contribution in [3.05, 3.63) is 5.84 Å². The van der Waals surface area contributed by atoms with E-state index in [2.05, 4.69) is 27.7 Å². The lowest BCUT2D eigenvalue weighted by molar-refractivity contribution is -0.546. The number of hydrogen-bond donors (Lipinski definition) is 1. The van der Waals surface area contributed by atoms with Crippen LogP contribution >= 0.6 is 0 Å². The highest BCUT2D eigenvalue weighted by atomic mass is 15.4. The van der Waals surface area contributed by atoms with Crippen molar-refractivity contribution in [2.24, 2.45) is 5.73 Å². The Bertz CT molecular complexity index is 268. The summed E-state index contributed by atoms with van der Waals surface area (Å²) in [7, 11) is 0. The predicted molar refractivity (Wildman–Crippen MR) is 65.0 cm³/mol. The van der Waals surface area contributed by atoms with Crippen molar-refractivity contribution in [3.63, 3.8) is 0 Å². The van der Waals surface area contributed by atoms with E-state index in [1.807, 2.05) is 0 Å². The predicted octanol–water partition coefficient (Wildman–Crippen LogP) is 2.89. The molecule has 0 amide bonds. The molecular weight excluding hydrogens is 186 g/mol. The van der Waals surface area contributed by atoms with Gasteiger partial charge in [-0.15, -0.1) is 0 Å². The molecule has 1 aliphatic heterocycles. The lowest BCUT2D eigenvalue weighted by Crippen LogP contribution is -2.48. The maximum absolute atomic E-state index is 8.14. The molecule has 3 heteroatoms. The van der Waals surface area contributed by atoms with Gasteiger partial charge in [-0.25, -0.2) is 0 Å². The Hall–Kier alpha value is -0.570. The van der Waals surface area contributed by atoms with Gasteiger partial charge in [-0.05, 0) is 13.3 Å². The molecule has 1 aliphatic rings. The highest BCUT2D eigenvalue weighted by molar-refractivity contribution is 5.78. The third-order valence-corrected chi connectivity index (χ3v) is 4.01. The van der Waals surface area contributed by atoms with E-state index in [1.165, 1.54) is 5.71 Å². The molecule has 3 nitrogen and oxygen atoms in total. The van der Waals surface area contributed by atoms with Gasteiger partial charge in [0.15, 0.2) is 5.54 Å². The average Bonchev–Trinajstić information content (AvgIpc) is 2.47. The number of nitrogens with zero attached hydrogens (tertiary/aromatic N) is 1.